The Bertz CT molecular complexity index is 564. The molecule has 0 fully saturated rings. The number of nitrogen functional groups attached to an aromatic ring is 1. The van der Waals surface area contributed by atoms with Gasteiger partial charge in [0.1, 0.15) is 0 Å². The van der Waals surface area contributed by atoms with E-state index in [1.54, 1.807) is 12.1 Å². The molecule has 0 aromatic heterocycles. The Hall–Kier alpha value is -2.29. The molecule has 19 heavy (non-hydrogen) atoms. The number of amides is 1. The number of hydrogen-bond donors (Lipinski definition) is 2. The molecule has 0 atom stereocenters. The Labute approximate surface area is 113 Å². The van der Waals surface area contributed by atoms with Gasteiger partial charge in [0.05, 0.1) is 0 Å². The molecule has 0 radical (unpaired) electrons. The lowest BCUT2D eigenvalue weighted by Crippen LogP contribution is -2.25. The highest BCUT2D eigenvalue weighted by Gasteiger charge is 2.06. The van der Waals surface area contributed by atoms with Crippen LogP contribution in [-0.4, -0.2) is 12.5 Å². The van der Waals surface area contributed by atoms with Gasteiger partial charge < -0.3 is 11.1 Å². The second kappa shape index (κ2) is 6.05. The van der Waals surface area contributed by atoms with Gasteiger partial charge in [-0.3, -0.25) is 4.79 Å². The minimum atomic E-state index is -0.0809. The molecule has 3 N–H and O–H groups in total. The molecule has 3 nitrogen and oxygen atoms in total. The number of nitrogens with one attached hydrogen (secondary N) is 1. The average Bonchev–Trinajstić information content (AvgIpc) is 2.43. The average molecular weight is 254 g/mol. The third-order valence-corrected chi connectivity index (χ3v) is 3.08. The number of aryl methyl sites for hydroxylation is 1. The van der Waals surface area contributed by atoms with E-state index in [0.717, 1.165) is 12.0 Å². The normalized spacial score (nSPS) is 10.2. The summed E-state index contributed by atoms with van der Waals surface area (Å²) in [5, 5.41) is 2.90. The van der Waals surface area contributed by atoms with Crippen molar-refractivity contribution < 1.29 is 4.79 Å². The van der Waals surface area contributed by atoms with Gasteiger partial charge in [-0.1, -0.05) is 36.4 Å². The second-order valence-corrected chi connectivity index (χ2v) is 4.56. The predicted octanol–water partition coefficient (Wildman–Crippen LogP) is 2.55. The zero-order chi connectivity index (χ0) is 13.7. The van der Waals surface area contributed by atoms with Crippen LogP contribution < -0.4 is 11.1 Å². The molecule has 3 heteroatoms. The van der Waals surface area contributed by atoms with E-state index < -0.39 is 0 Å². The minimum Gasteiger partial charge on any atom is -0.398 e. The summed E-state index contributed by atoms with van der Waals surface area (Å²) < 4.78 is 0. The van der Waals surface area contributed by atoms with E-state index >= 15 is 0 Å². The molecule has 0 spiro atoms. The van der Waals surface area contributed by atoms with Crippen LogP contribution in [0.1, 0.15) is 21.5 Å². The molecule has 0 heterocycles. The van der Waals surface area contributed by atoms with Gasteiger partial charge in [-0.2, -0.15) is 0 Å². The minimum absolute atomic E-state index is 0.0809. The van der Waals surface area contributed by atoms with E-state index in [-0.39, 0.29) is 5.91 Å². The maximum absolute atomic E-state index is 11.9. The molecule has 2 aromatic rings. The Balaban J connectivity index is 1.89. The highest BCUT2D eigenvalue weighted by Crippen LogP contribution is 2.12. The maximum Gasteiger partial charge on any atom is 0.251 e. The third kappa shape index (κ3) is 3.58. The summed E-state index contributed by atoms with van der Waals surface area (Å²) in [5.41, 5.74) is 9.26. The molecular weight excluding hydrogens is 236 g/mol. The fourth-order valence-corrected chi connectivity index (χ4v) is 1.85. The standard InChI is InChI=1S/C16H18N2O/c1-12-7-8-14(11-15(12)17)16(19)18-10-9-13-5-3-2-4-6-13/h2-8,11H,9-10,17H2,1H3,(H,18,19). The lowest BCUT2D eigenvalue weighted by Gasteiger charge is -2.07. The van der Waals surface area contributed by atoms with Crippen molar-refractivity contribution in [1.29, 1.82) is 0 Å². The van der Waals surface area contributed by atoms with E-state index in [2.05, 4.69) is 17.4 Å². The fourth-order valence-electron chi connectivity index (χ4n) is 1.85. The van der Waals surface area contributed by atoms with Crippen molar-refractivity contribution in [3.8, 4) is 0 Å². The van der Waals surface area contributed by atoms with E-state index in [1.165, 1.54) is 5.56 Å². The smallest absolute Gasteiger partial charge is 0.251 e. The molecule has 2 rings (SSSR count). The molecule has 2 aromatic carbocycles. The summed E-state index contributed by atoms with van der Waals surface area (Å²) in [7, 11) is 0. The summed E-state index contributed by atoms with van der Waals surface area (Å²) in [6.07, 6.45) is 0.827. The van der Waals surface area contributed by atoms with Crippen LogP contribution in [0.3, 0.4) is 0 Å². The van der Waals surface area contributed by atoms with Gasteiger partial charge >= 0.3 is 0 Å². The zero-order valence-corrected chi connectivity index (χ0v) is 11.0. The van der Waals surface area contributed by atoms with Crippen molar-refractivity contribution in [2.45, 2.75) is 13.3 Å². The molecule has 98 valence electrons. The van der Waals surface area contributed by atoms with Crippen molar-refractivity contribution >= 4 is 11.6 Å². The van der Waals surface area contributed by atoms with Crippen LogP contribution >= 0.6 is 0 Å². The lowest BCUT2D eigenvalue weighted by atomic mass is 10.1. The Morgan fingerprint density at radius 1 is 1.16 bits per heavy atom. The van der Waals surface area contributed by atoms with Crippen LogP contribution in [0.2, 0.25) is 0 Å². The first-order valence-electron chi connectivity index (χ1n) is 6.35. The van der Waals surface area contributed by atoms with Gasteiger partial charge in [-0.05, 0) is 36.6 Å². The van der Waals surface area contributed by atoms with Crippen LogP contribution in [0.25, 0.3) is 0 Å². The van der Waals surface area contributed by atoms with E-state index in [0.29, 0.717) is 17.8 Å². The van der Waals surface area contributed by atoms with Crippen LogP contribution in [0, 0.1) is 6.92 Å². The first-order valence-corrected chi connectivity index (χ1v) is 6.35. The van der Waals surface area contributed by atoms with Gasteiger partial charge in [-0.25, -0.2) is 0 Å². The summed E-state index contributed by atoms with van der Waals surface area (Å²) in [5.74, 6) is -0.0809. The monoisotopic (exact) mass is 254 g/mol. The fraction of sp³-hybridized carbons (Fsp3) is 0.188. The lowest BCUT2D eigenvalue weighted by molar-refractivity contribution is 0.0954. The maximum atomic E-state index is 11.9. The molecule has 1 amide bonds. The highest BCUT2D eigenvalue weighted by atomic mass is 16.1. The number of carbonyl (C=O) groups excluding carboxylic acids is 1. The van der Waals surface area contributed by atoms with Crippen LogP contribution in [-0.2, 0) is 6.42 Å². The van der Waals surface area contributed by atoms with Crippen molar-refractivity contribution in [2.24, 2.45) is 0 Å². The quantitative estimate of drug-likeness (QED) is 0.824. The Morgan fingerprint density at radius 2 is 1.89 bits per heavy atom. The van der Waals surface area contributed by atoms with Crippen LogP contribution in [0.4, 0.5) is 5.69 Å². The largest absolute Gasteiger partial charge is 0.398 e. The molecule has 0 bridgehead atoms. The van der Waals surface area contributed by atoms with E-state index in [4.69, 9.17) is 5.73 Å². The molecule has 0 saturated heterocycles. The van der Waals surface area contributed by atoms with Crippen LogP contribution in [0.5, 0.6) is 0 Å². The molecule has 0 aliphatic carbocycles. The summed E-state index contributed by atoms with van der Waals surface area (Å²) in [4.78, 5) is 11.9. The number of benzene rings is 2. The molecule has 0 aliphatic heterocycles. The van der Waals surface area contributed by atoms with E-state index in [9.17, 15) is 4.79 Å². The summed E-state index contributed by atoms with van der Waals surface area (Å²) >= 11 is 0. The Kier molecular flexibility index (Phi) is 4.18. The van der Waals surface area contributed by atoms with Gasteiger partial charge in [-0.15, -0.1) is 0 Å². The van der Waals surface area contributed by atoms with Crippen molar-refractivity contribution in [3.63, 3.8) is 0 Å². The SMILES string of the molecule is Cc1ccc(C(=O)NCCc2ccccc2)cc1N. The number of anilines is 1. The first-order chi connectivity index (χ1) is 9.16. The second-order valence-electron chi connectivity index (χ2n) is 4.56. The van der Waals surface area contributed by atoms with Gasteiger partial charge in [0.15, 0.2) is 0 Å². The summed E-state index contributed by atoms with van der Waals surface area (Å²) in [6, 6.07) is 15.5. The topological polar surface area (TPSA) is 55.1 Å². The number of hydrogen-bond acceptors (Lipinski definition) is 2. The molecule has 0 unspecified atom stereocenters. The predicted molar refractivity (Wildman–Crippen MR) is 78.1 cm³/mol. The highest BCUT2D eigenvalue weighted by molar-refractivity contribution is 5.95. The number of nitrogens with two attached hydrogens (primary N) is 1. The molecule has 0 aliphatic rings. The molecular formula is C16H18N2O. The number of carbonyl (C=O) groups is 1. The van der Waals surface area contributed by atoms with E-state index in [1.807, 2.05) is 31.2 Å². The van der Waals surface area contributed by atoms with Crippen molar-refractivity contribution in [3.05, 3.63) is 65.2 Å². The van der Waals surface area contributed by atoms with Gasteiger partial charge in [0.2, 0.25) is 0 Å². The van der Waals surface area contributed by atoms with Crippen molar-refractivity contribution in [2.75, 3.05) is 12.3 Å². The molecule has 0 saturated carbocycles. The number of rotatable bonds is 4. The van der Waals surface area contributed by atoms with Gasteiger partial charge in [0.25, 0.3) is 5.91 Å². The third-order valence-electron chi connectivity index (χ3n) is 3.08. The van der Waals surface area contributed by atoms with Crippen LogP contribution in [0.15, 0.2) is 48.5 Å². The van der Waals surface area contributed by atoms with Gasteiger partial charge in [0, 0.05) is 17.8 Å². The Morgan fingerprint density at radius 3 is 2.58 bits per heavy atom. The van der Waals surface area contributed by atoms with Crippen molar-refractivity contribution in [1.82, 2.24) is 5.32 Å². The zero-order valence-electron chi connectivity index (χ0n) is 11.0. The summed E-state index contributed by atoms with van der Waals surface area (Å²) in [6.45, 7) is 2.54. The first kappa shape index (κ1) is 13.1.